The lowest BCUT2D eigenvalue weighted by atomic mass is 10.2. The first kappa shape index (κ1) is 23.6. The van der Waals surface area contributed by atoms with Gasteiger partial charge in [0.2, 0.25) is 10.0 Å². The molecule has 154 valence electrons. The summed E-state index contributed by atoms with van der Waals surface area (Å²) >= 11 is 0. The van der Waals surface area contributed by atoms with Crippen LogP contribution in [0.3, 0.4) is 0 Å². The summed E-state index contributed by atoms with van der Waals surface area (Å²) in [6.45, 7) is 0.323. The van der Waals surface area contributed by atoms with Gasteiger partial charge in [-0.3, -0.25) is 4.90 Å². The van der Waals surface area contributed by atoms with E-state index in [0.717, 1.165) is 25.4 Å². The molecular weight excluding hydrogens is 413 g/mol. The largest absolute Gasteiger partial charge is 0.464 e. The van der Waals surface area contributed by atoms with Gasteiger partial charge in [-0.15, -0.1) is 12.4 Å². The maximum Gasteiger partial charge on any atom is 0.405 e. The summed E-state index contributed by atoms with van der Waals surface area (Å²) in [5, 5.41) is 2.94. The summed E-state index contributed by atoms with van der Waals surface area (Å²) in [6.07, 6.45) is -3.69. The Bertz CT molecular complexity index is 725. The molecule has 2 N–H and O–H groups in total. The lowest BCUT2D eigenvalue weighted by Crippen LogP contribution is -2.57. The highest BCUT2D eigenvalue weighted by Crippen LogP contribution is 2.25. The van der Waals surface area contributed by atoms with Crippen molar-refractivity contribution in [3.8, 4) is 0 Å². The van der Waals surface area contributed by atoms with Crippen LogP contribution < -0.4 is 10.0 Å². The number of nitrogens with one attached hydrogen (secondary N) is 2. The van der Waals surface area contributed by atoms with Crippen LogP contribution in [0.15, 0.2) is 23.2 Å². The number of hydrogen-bond acceptors (Lipinski definition) is 7. The molecule has 1 aromatic rings. The Morgan fingerprint density at radius 2 is 2.00 bits per heavy atom. The van der Waals surface area contributed by atoms with E-state index < -0.39 is 34.8 Å². The van der Waals surface area contributed by atoms with Gasteiger partial charge in [-0.1, -0.05) is 0 Å². The van der Waals surface area contributed by atoms with Gasteiger partial charge in [-0.25, -0.2) is 22.9 Å². The highest BCUT2D eigenvalue weighted by atomic mass is 35.5. The van der Waals surface area contributed by atoms with E-state index in [2.05, 4.69) is 15.0 Å². The van der Waals surface area contributed by atoms with Crippen LogP contribution in [0.25, 0.3) is 0 Å². The van der Waals surface area contributed by atoms with Crippen LogP contribution in [0.4, 0.5) is 13.2 Å². The minimum atomic E-state index is -4.58. The van der Waals surface area contributed by atoms with E-state index in [0.29, 0.717) is 13.1 Å². The topological polar surface area (TPSA) is 101 Å². The number of carbonyl (C=O) groups is 1. The van der Waals surface area contributed by atoms with Crippen LogP contribution in [0.5, 0.6) is 0 Å². The number of piperazine rings is 1. The van der Waals surface area contributed by atoms with Crippen LogP contribution in [0, 0.1) is 0 Å². The summed E-state index contributed by atoms with van der Waals surface area (Å²) < 4.78 is 70.8. The van der Waals surface area contributed by atoms with Crippen LogP contribution in [-0.2, 0) is 14.8 Å². The molecular formula is C14H20ClF3N4O4S. The Morgan fingerprint density at radius 3 is 2.48 bits per heavy atom. The first-order valence-corrected chi connectivity index (χ1v) is 9.19. The summed E-state index contributed by atoms with van der Waals surface area (Å²) in [4.78, 5) is 15.8. The molecule has 0 aliphatic carbocycles. The third kappa shape index (κ3) is 6.28. The summed E-state index contributed by atoms with van der Waals surface area (Å²) in [5.74, 6) is -0.752. The van der Waals surface area contributed by atoms with E-state index in [9.17, 15) is 26.4 Å². The number of nitrogens with zero attached hydrogens (tertiary/aromatic N) is 2. The lowest BCUT2D eigenvalue weighted by molar-refractivity contribution is -0.182. The zero-order valence-corrected chi connectivity index (χ0v) is 16.0. The number of carbonyl (C=O) groups excluding carboxylic acids is 1. The standard InChI is InChI=1S/C14H19F3N4O4S.ClH/c1-25-13(22)11-3-2-10(8-19-11)26(23,24)20-9-12(14(15,16)17)21-6-4-18-5-7-21;/h2-3,8,12,18,20H,4-7,9H2,1H3;1H. The highest BCUT2D eigenvalue weighted by molar-refractivity contribution is 7.89. The second kappa shape index (κ2) is 9.64. The van der Waals surface area contributed by atoms with Crippen LogP contribution in [0.1, 0.15) is 10.5 Å². The fourth-order valence-corrected chi connectivity index (χ4v) is 3.46. The van der Waals surface area contributed by atoms with Gasteiger partial charge in [0, 0.05) is 38.9 Å². The Kier molecular flexibility index (Phi) is 8.42. The normalized spacial score (nSPS) is 17.0. The SMILES string of the molecule is COC(=O)c1ccc(S(=O)(=O)NCC(N2CCNCC2)C(F)(F)F)cn1.Cl. The first-order valence-electron chi connectivity index (χ1n) is 7.70. The maximum atomic E-state index is 13.3. The fourth-order valence-electron chi connectivity index (χ4n) is 2.48. The van der Waals surface area contributed by atoms with Gasteiger partial charge >= 0.3 is 12.1 Å². The molecule has 0 bridgehead atoms. The van der Waals surface area contributed by atoms with Crippen LogP contribution in [-0.4, -0.2) is 76.3 Å². The molecule has 27 heavy (non-hydrogen) atoms. The number of sulfonamides is 1. The number of pyridine rings is 1. The Balaban J connectivity index is 0.00000364. The van der Waals surface area contributed by atoms with Crippen molar-refractivity contribution in [3.05, 3.63) is 24.0 Å². The zero-order valence-electron chi connectivity index (χ0n) is 14.3. The summed E-state index contributed by atoms with van der Waals surface area (Å²) in [7, 11) is -3.07. The number of methoxy groups -OCH3 is 1. The van der Waals surface area contributed by atoms with E-state index in [1.807, 2.05) is 4.72 Å². The van der Waals surface area contributed by atoms with Crippen molar-refractivity contribution in [3.63, 3.8) is 0 Å². The molecule has 2 rings (SSSR count). The van der Waals surface area contributed by atoms with Gasteiger partial charge in [0.1, 0.15) is 16.6 Å². The highest BCUT2D eigenvalue weighted by Gasteiger charge is 2.44. The van der Waals surface area contributed by atoms with E-state index in [-0.39, 0.29) is 36.1 Å². The lowest BCUT2D eigenvalue weighted by Gasteiger charge is -2.35. The van der Waals surface area contributed by atoms with Gasteiger partial charge in [0.25, 0.3) is 0 Å². The van der Waals surface area contributed by atoms with Crippen LogP contribution in [0.2, 0.25) is 0 Å². The molecule has 1 aliphatic rings. The fraction of sp³-hybridized carbons (Fsp3) is 0.571. The monoisotopic (exact) mass is 432 g/mol. The van der Waals surface area contributed by atoms with Crippen molar-refractivity contribution in [1.82, 2.24) is 19.9 Å². The smallest absolute Gasteiger partial charge is 0.405 e. The molecule has 0 spiro atoms. The zero-order chi connectivity index (χ0) is 19.4. The van der Waals surface area contributed by atoms with E-state index in [4.69, 9.17) is 0 Å². The predicted octanol–water partition coefficient (Wildman–Crippen LogP) is 0.404. The van der Waals surface area contributed by atoms with Crippen molar-refractivity contribution in [2.24, 2.45) is 0 Å². The molecule has 0 aromatic carbocycles. The average Bonchev–Trinajstić information content (AvgIpc) is 2.61. The second-order valence-corrected chi connectivity index (χ2v) is 7.33. The molecule has 1 saturated heterocycles. The van der Waals surface area contributed by atoms with Crippen molar-refractivity contribution in [2.75, 3.05) is 39.8 Å². The molecule has 1 atom stereocenters. The number of esters is 1. The van der Waals surface area contributed by atoms with Gasteiger partial charge in [-0.05, 0) is 12.1 Å². The minimum Gasteiger partial charge on any atom is -0.464 e. The van der Waals surface area contributed by atoms with E-state index >= 15 is 0 Å². The van der Waals surface area contributed by atoms with Crippen molar-refractivity contribution in [2.45, 2.75) is 17.1 Å². The quantitative estimate of drug-likeness (QED) is 0.628. The Morgan fingerprint density at radius 1 is 1.37 bits per heavy atom. The Hall–Kier alpha value is -1.47. The number of halogens is 4. The van der Waals surface area contributed by atoms with Gasteiger partial charge < -0.3 is 10.1 Å². The molecule has 1 aromatic heterocycles. The molecule has 8 nitrogen and oxygen atoms in total. The number of hydrogen-bond donors (Lipinski definition) is 2. The summed E-state index contributed by atoms with van der Waals surface area (Å²) in [5.41, 5.74) is -0.111. The molecule has 0 radical (unpaired) electrons. The van der Waals surface area contributed by atoms with Gasteiger partial charge in [-0.2, -0.15) is 13.2 Å². The van der Waals surface area contributed by atoms with Crippen molar-refractivity contribution in [1.29, 1.82) is 0 Å². The van der Waals surface area contributed by atoms with Crippen LogP contribution >= 0.6 is 12.4 Å². The number of ether oxygens (including phenoxy) is 1. The second-order valence-electron chi connectivity index (χ2n) is 5.57. The number of alkyl halides is 3. The molecule has 0 amide bonds. The minimum absolute atomic E-state index is 0. The molecule has 13 heteroatoms. The number of rotatable bonds is 6. The van der Waals surface area contributed by atoms with Gasteiger partial charge in [0.05, 0.1) is 7.11 Å². The molecule has 1 aliphatic heterocycles. The van der Waals surface area contributed by atoms with Crippen molar-refractivity contribution >= 4 is 28.4 Å². The maximum absolute atomic E-state index is 13.3. The molecule has 1 fully saturated rings. The molecule has 2 heterocycles. The third-order valence-corrected chi connectivity index (χ3v) is 5.29. The molecule has 0 saturated carbocycles. The van der Waals surface area contributed by atoms with E-state index in [1.54, 1.807) is 0 Å². The summed E-state index contributed by atoms with van der Waals surface area (Å²) in [6, 6.07) is 0.272. The first-order chi connectivity index (χ1) is 12.1. The Labute approximate surface area is 160 Å². The van der Waals surface area contributed by atoms with Crippen molar-refractivity contribution < 1.29 is 31.1 Å². The van der Waals surface area contributed by atoms with Gasteiger partial charge in [0.15, 0.2) is 0 Å². The average molecular weight is 433 g/mol. The van der Waals surface area contributed by atoms with E-state index in [1.165, 1.54) is 4.90 Å². The predicted molar refractivity (Wildman–Crippen MR) is 92.3 cm³/mol. The number of aromatic nitrogens is 1. The third-order valence-electron chi connectivity index (χ3n) is 3.88. The molecule has 1 unspecified atom stereocenters.